The van der Waals surface area contributed by atoms with E-state index in [2.05, 4.69) is 15.9 Å². The number of ether oxygens (including phenoxy) is 1. The van der Waals surface area contributed by atoms with Crippen molar-refractivity contribution in [3.63, 3.8) is 0 Å². The minimum atomic E-state index is -0.501. The molecule has 1 rings (SSSR count). The van der Waals surface area contributed by atoms with Crippen LogP contribution >= 0.6 is 11.8 Å². The van der Waals surface area contributed by atoms with Gasteiger partial charge in [0.15, 0.2) is 5.16 Å². The standard InChI is InChI=1S/C12H15N3O2S/c1-3-5-6-7-18-12-14-8-9(10(13)15-12)11(16)17-4-2/h1,8H,4-7H2,2H3,(H2,13,14,15). The number of aromatic nitrogens is 2. The molecule has 1 heterocycles. The highest BCUT2D eigenvalue weighted by Crippen LogP contribution is 2.18. The topological polar surface area (TPSA) is 78.1 Å². The third kappa shape index (κ3) is 4.26. The van der Waals surface area contributed by atoms with E-state index in [1.54, 1.807) is 6.92 Å². The van der Waals surface area contributed by atoms with Crippen LogP contribution < -0.4 is 5.73 Å². The molecule has 0 aliphatic carbocycles. The Morgan fingerprint density at radius 2 is 2.44 bits per heavy atom. The Bertz CT molecular complexity index is 457. The number of nitrogen functional groups attached to an aromatic ring is 1. The molecule has 0 spiro atoms. The SMILES string of the molecule is C#CCCCSc1ncc(C(=O)OCC)c(N)n1. The number of thioether (sulfide) groups is 1. The van der Waals surface area contributed by atoms with Crippen molar-refractivity contribution in [3.8, 4) is 12.3 Å². The molecule has 0 aliphatic heterocycles. The summed E-state index contributed by atoms with van der Waals surface area (Å²) >= 11 is 1.46. The van der Waals surface area contributed by atoms with Gasteiger partial charge in [0.25, 0.3) is 0 Å². The maximum Gasteiger partial charge on any atom is 0.343 e. The minimum absolute atomic E-state index is 0.142. The summed E-state index contributed by atoms with van der Waals surface area (Å²) in [4.78, 5) is 19.6. The van der Waals surface area contributed by atoms with Gasteiger partial charge in [-0.3, -0.25) is 0 Å². The molecule has 0 amide bonds. The number of nitrogens with zero attached hydrogens (tertiary/aromatic N) is 2. The van der Waals surface area contributed by atoms with Crippen LogP contribution in [0.2, 0.25) is 0 Å². The lowest BCUT2D eigenvalue weighted by atomic mass is 10.3. The van der Waals surface area contributed by atoms with Crippen molar-refractivity contribution in [2.24, 2.45) is 0 Å². The number of hydrogen-bond donors (Lipinski definition) is 1. The molecule has 0 atom stereocenters. The van der Waals surface area contributed by atoms with E-state index in [1.807, 2.05) is 0 Å². The zero-order valence-electron chi connectivity index (χ0n) is 10.2. The number of unbranched alkanes of at least 4 members (excludes halogenated alkanes) is 1. The predicted molar refractivity (Wildman–Crippen MR) is 71.2 cm³/mol. The lowest BCUT2D eigenvalue weighted by Gasteiger charge is -2.05. The van der Waals surface area contributed by atoms with Gasteiger partial charge in [0.1, 0.15) is 11.4 Å². The Morgan fingerprint density at radius 3 is 3.06 bits per heavy atom. The quantitative estimate of drug-likeness (QED) is 0.277. The van der Waals surface area contributed by atoms with Crippen LogP contribution in [0.1, 0.15) is 30.1 Å². The summed E-state index contributed by atoms with van der Waals surface area (Å²) in [6.45, 7) is 2.02. The van der Waals surface area contributed by atoms with Crippen LogP contribution in [0.15, 0.2) is 11.4 Å². The van der Waals surface area contributed by atoms with E-state index in [0.717, 1.165) is 18.6 Å². The fourth-order valence-corrected chi connectivity index (χ4v) is 1.91. The predicted octanol–water partition coefficient (Wildman–Crippen LogP) is 1.74. The monoisotopic (exact) mass is 265 g/mol. The summed E-state index contributed by atoms with van der Waals surface area (Å²) < 4.78 is 4.83. The molecule has 0 bridgehead atoms. The van der Waals surface area contributed by atoms with E-state index < -0.39 is 5.97 Å². The molecule has 1 aromatic heterocycles. The molecule has 1 aromatic rings. The van der Waals surface area contributed by atoms with Crippen LogP contribution in [0.5, 0.6) is 0 Å². The second-order valence-corrected chi connectivity index (χ2v) is 4.39. The van der Waals surface area contributed by atoms with Crippen molar-refractivity contribution < 1.29 is 9.53 Å². The van der Waals surface area contributed by atoms with Crippen molar-refractivity contribution in [1.29, 1.82) is 0 Å². The Hall–Kier alpha value is -1.74. The van der Waals surface area contributed by atoms with E-state index in [1.165, 1.54) is 18.0 Å². The van der Waals surface area contributed by atoms with E-state index in [4.69, 9.17) is 16.9 Å². The zero-order chi connectivity index (χ0) is 13.4. The molecule has 96 valence electrons. The van der Waals surface area contributed by atoms with Crippen molar-refractivity contribution >= 4 is 23.5 Å². The van der Waals surface area contributed by atoms with Crippen molar-refractivity contribution in [2.75, 3.05) is 18.1 Å². The second kappa shape index (κ2) is 7.56. The summed E-state index contributed by atoms with van der Waals surface area (Å²) in [6.07, 6.45) is 8.16. The van der Waals surface area contributed by atoms with Gasteiger partial charge >= 0.3 is 5.97 Å². The van der Waals surface area contributed by atoms with Gasteiger partial charge in [-0.25, -0.2) is 14.8 Å². The summed E-state index contributed by atoms with van der Waals surface area (Å²) in [7, 11) is 0. The molecular weight excluding hydrogens is 250 g/mol. The second-order valence-electron chi connectivity index (χ2n) is 3.33. The smallest absolute Gasteiger partial charge is 0.343 e. The molecule has 0 radical (unpaired) electrons. The fourth-order valence-electron chi connectivity index (χ4n) is 1.15. The molecule has 18 heavy (non-hydrogen) atoms. The highest BCUT2D eigenvalue weighted by atomic mass is 32.2. The lowest BCUT2D eigenvalue weighted by Crippen LogP contribution is -2.10. The molecule has 0 saturated carbocycles. The molecule has 0 aromatic carbocycles. The normalized spacial score (nSPS) is 9.78. The Morgan fingerprint density at radius 1 is 1.67 bits per heavy atom. The van der Waals surface area contributed by atoms with Gasteiger partial charge in [-0.05, 0) is 13.3 Å². The first-order valence-corrected chi connectivity index (χ1v) is 6.53. The number of rotatable bonds is 6. The van der Waals surface area contributed by atoms with E-state index in [0.29, 0.717) is 11.8 Å². The molecule has 0 fully saturated rings. The van der Waals surface area contributed by atoms with Crippen LogP contribution in [0.25, 0.3) is 0 Å². The first-order valence-electron chi connectivity index (χ1n) is 5.55. The Balaban J connectivity index is 2.62. The third-order valence-corrected chi connectivity index (χ3v) is 2.94. The lowest BCUT2D eigenvalue weighted by molar-refractivity contribution is 0.0526. The summed E-state index contributed by atoms with van der Waals surface area (Å²) in [5.41, 5.74) is 5.88. The third-order valence-electron chi connectivity index (χ3n) is 1.99. The van der Waals surface area contributed by atoms with Crippen LogP contribution in [0.3, 0.4) is 0 Å². The van der Waals surface area contributed by atoms with E-state index in [9.17, 15) is 4.79 Å². The first-order chi connectivity index (χ1) is 8.69. The molecule has 5 nitrogen and oxygen atoms in total. The van der Waals surface area contributed by atoms with E-state index in [-0.39, 0.29) is 11.4 Å². The molecule has 0 aliphatic rings. The highest BCUT2D eigenvalue weighted by molar-refractivity contribution is 7.99. The Labute approximate surface area is 111 Å². The maximum atomic E-state index is 11.5. The van der Waals surface area contributed by atoms with Gasteiger partial charge in [-0.1, -0.05) is 11.8 Å². The first kappa shape index (κ1) is 14.3. The average Bonchev–Trinajstić information content (AvgIpc) is 2.35. The minimum Gasteiger partial charge on any atom is -0.462 e. The van der Waals surface area contributed by atoms with Gasteiger partial charge < -0.3 is 10.5 Å². The molecular formula is C12H15N3O2S. The molecule has 2 N–H and O–H groups in total. The number of esters is 1. The number of carbonyl (C=O) groups excluding carboxylic acids is 1. The van der Waals surface area contributed by atoms with Crippen molar-refractivity contribution in [3.05, 3.63) is 11.8 Å². The molecule has 6 heteroatoms. The van der Waals surface area contributed by atoms with Crippen LogP contribution in [-0.2, 0) is 4.74 Å². The fraction of sp³-hybridized carbons (Fsp3) is 0.417. The molecule has 0 unspecified atom stereocenters. The van der Waals surface area contributed by atoms with Gasteiger partial charge in [0.2, 0.25) is 0 Å². The number of nitrogens with two attached hydrogens (primary N) is 1. The number of hydrogen-bond acceptors (Lipinski definition) is 6. The zero-order valence-corrected chi connectivity index (χ0v) is 11.0. The van der Waals surface area contributed by atoms with Crippen LogP contribution in [0, 0.1) is 12.3 Å². The number of terminal acetylenes is 1. The van der Waals surface area contributed by atoms with Gasteiger partial charge in [-0.15, -0.1) is 12.3 Å². The van der Waals surface area contributed by atoms with Gasteiger partial charge in [0.05, 0.1) is 6.61 Å². The Kier molecular flexibility index (Phi) is 6.01. The summed E-state index contributed by atoms with van der Waals surface area (Å²) in [5.74, 6) is 3.03. The number of carbonyl (C=O) groups is 1. The van der Waals surface area contributed by atoms with Crippen molar-refractivity contribution in [2.45, 2.75) is 24.9 Å². The average molecular weight is 265 g/mol. The van der Waals surface area contributed by atoms with Gasteiger partial charge in [0, 0.05) is 18.4 Å². The van der Waals surface area contributed by atoms with Crippen LogP contribution in [0.4, 0.5) is 5.82 Å². The van der Waals surface area contributed by atoms with Crippen molar-refractivity contribution in [1.82, 2.24) is 9.97 Å². The summed E-state index contributed by atoms with van der Waals surface area (Å²) in [5, 5.41) is 0.539. The largest absolute Gasteiger partial charge is 0.462 e. The maximum absolute atomic E-state index is 11.5. The highest BCUT2D eigenvalue weighted by Gasteiger charge is 2.13. The van der Waals surface area contributed by atoms with Gasteiger partial charge in [-0.2, -0.15) is 0 Å². The summed E-state index contributed by atoms with van der Waals surface area (Å²) in [6, 6.07) is 0. The van der Waals surface area contributed by atoms with E-state index >= 15 is 0 Å². The van der Waals surface area contributed by atoms with Crippen LogP contribution in [-0.4, -0.2) is 28.3 Å². The molecule has 0 saturated heterocycles. The number of anilines is 1.